The summed E-state index contributed by atoms with van der Waals surface area (Å²) < 4.78 is 25.8. The standard InChI is InChI=1S/C27H37F2N5.2C2H6/c1-7-8-18(3)32-24-14-22(25(30-6)26(34-24)31-16-23(28)29)33-21-10-9-19(13-17(21)2)20-11-12-27(4,5)15-20;2*1-2/h9-10,13-14,20,23H,3,6-8,11-12,15-16H2,1-2,4-5H3,(H3,31,32,33,34);2*1-2H3. The number of nitrogens with zero attached hydrogens (tertiary/aromatic N) is 2. The normalized spacial score (nSPS) is 15.5. The molecule has 3 rings (SSSR count). The molecule has 3 N–H and O–H groups in total. The first-order chi connectivity index (χ1) is 18.1. The molecule has 1 atom stereocenters. The van der Waals surface area contributed by atoms with Gasteiger partial charge in [0.05, 0.1) is 12.2 Å². The van der Waals surface area contributed by atoms with E-state index in [0.717, 1.165) is 29.8 Å². The first kappa shape index (κ1) is 33.1. The van der Waals surface area contributed by atoms with Gasteiger partial charge in [-0.1, -0.05) is 73.6 Å². The van der Waals surface area contributed by atoms with E-state index >= 15 is 0 Å². The number of nitrogens with one attached hydrogen (secondary N) is 3. The Morgan fingerprint density at radius 1 is 1.16 bits per heavy atom. The molecule has 1 unspecified atom stereocenters. The molecule has 1 aliphatic rings. The lowest BCUT2D eigenvalue weighted by atomic mass is 9.88. The molecule has 5 nitrogen and oxygen atoms in total. The molecule has 0 saturated heterocycles. The van der Waals surface area contributed by atoms with E-state index in [0.29, 0.717) is 28.5 Å². The quantitative estimate of drug-likeness (QED) is 0.253. The average Bonchev–Trinajstić information content (AvgIpc) is 3.26. The highest BCUT2D eigenvalue weighted by Gasteiger charge is 2.31. The van der Waals surface area contributed by atoms with Crippen LogP contribution in [0, 0.1) is 12.3 Å². The fourth-order valence-corrected chi connectivity index (χ4v) is 4.65. The maximum atomic E-state index is 12.9. The van der Waals surface area contributed by atoms with Gasteiger partial charge >= 0.3 is 0 Å². The Hall–Kier alpha value is -2.96. The van der Waals surface area contributed by atoms with Crippen molar-refractivity contribution in [2.75, 3.05) is 22.5 Å². The van der Waals surface area contributed by atoms with E-state index in [2.05, 4.69) is 85.1 Å². The third-order valence-electron chi connectivity index (χ3n) is 6.39. The van der Waals surface area contributed by atoms with Crippen molar-refractivity contribution in [1.82, 2.24) is 4.98 Å². The van der Waals surface area contributed by atoms with Crippen molar-refractivity contribution in [1.29, 1.82) is 0 Å². The number of pyridine rings is 1. The van der Waals surface area contributed by atoms with Gasteiger partial charge in [-0.2, -0.15) is 0 Å². The second-order valence-corrected chi connectivity index (χ2v) is 9.96. The Bertz CT molecular complexity index is 1030. The molecule has 38 heavy (non-hydrogen) atoms. The monoisotopic (exact) mass is 529 g/mol. The van der Waals surface area contributed by atoms with Crippen molar-refractivity contribution in [2.45, 2.75) is 99.8 Å². The molecule has 2 aromatic rings. The van der Waals surface area contributed by atoms with Crippen LogP contribution >= 0.6 is 0 Å². The first-order valence-corrected chi connectivity index (χ1v) is 14.0. The summed E-state index contributed by atoms with van der Waals surface area (Å²) in [5.41, 5.74) is 5.63. The van der Waals surface area contributed by atoms with Crippen molar-refractivity contribution in [3.05, 3.63) is 47.7 Å². The van der Waals surface area contributed by atoms with E-state index in [9.17, 15) is 8.78 Å². The number of hydrogen-bond acceptors (Lipinski definition) is 5. The molecule has 0 spiro atoms. The summed E-state index contributed by atoms with van der Waals surface area (Å²) in [6, 6.07) is 8.32. The summed E-state index contributed by atoms with van der Waals surface area (Å²) in [7, 11) is 0. The second kappa shape index (κ2) is 16.1. The molecule has 0 aliphatic heterocycles. The molecule has 1 saturated carbocycles. The molecule has 0 amide bonds. The van der Waals surface area contributed by atoms with E-state index in [1.54, 1.807) is 0 Å². The van der Waals surface area contributed by atoms with Crippen molar-refractivity contribution < 1.29 is 8.78 Å². The Morgan fingerprint density at radius 3 is 2.37 bits per heavy atom. The van der Waals surface area contributed by atoms with Crippen LogP contribution in [0.25, 0.3) is 0 Å². The van der Waals surface area contributed by atoms with E-state index in [1.807, 2.05) is 33.8 Å². The van der Waals surface area contributed by atoms with Gasteiger partial charge in [-0.25, -0.2) is 13.8 Å². The van der Waals surface area contributed by atoms with Gasteiger partial charge in [0.25, 0.3) is 6.43 Å². The minimum Gasteiger partial charge on any atom is -0.362 e. The van der Waals surface area contributed by atoms with Crippen molar-refractivity contribution >= 4 is 35.4 Å². The van der Waals surface area contributed by atoms with Crippen LogP contribution in [0.2, 0.25) is 0 Å². The highest BCUT2D eigenvalue weighted by Crippen LogP contribution is 2.46. The van der Waals surface area contributed by atoms with E-state index in [-0.39, 0.29) is 5.82 Å². The van der Waals surface area contributed by atoms with Crippen LogP contribution in [0.4, 0.5) is 37.5 Å². The molecule has 0 radical (unpaired) electrons. The number of aromatic nitrogens is 1. The van der Waals surface area contributed by atoms with Crippen molar-refractivity contribution in [3.63, 3.8) is 0 Å². The number of benzene rings is 1. The molecule has 212 valence electrons. The Kier molecular flexibility index (Phi) is 14.0. The van der Waals surface area contributed by atoms with Crippen LogP contribution < -0.4 is 16.0 Å². The maximum absolute atomic E-state index is 12.9. The van der Waals surface area contributed by atoms with Crippen LogP contribution in [0.15, 0.2) is 41.5 Å². The molecule has 1 aromatic carbocycles. The van der Waals surface area contributed by atoms with Gasteiger partial charge in [0.15, 0.2) is 5.82 Å². The van der Waals surface area contributed by atoms with Gasteiger partial charge < -0.3 is 16.0 Å². The molecule has 1 aliphatic carbocycles. The summed E-state index contributed by atoms with van der Waals surface area (Å²) in [6.45, 7) is 24.0. The number of anilines is 4. The molecule has 1 fully saturated rings. The number of hydrogen-bond donors (Lipinski definition) is 3. The number of rotatable bonds is 11. The predicted molar refractivity (Wildman–Crippen MR) is 163 cm³/mol. The fourth-order valence-electron chi connectivity index (χ4n) is 4.65. The van der Waals surface area contributed by atoms with E-state index < -0.39 is 13.0 Å². The summed E-state index contributed by atoms with van der Waals surface area (Å²) in [4.78, 5) is 8.55. The molecular formula is C31H49F2N5. The maximum Gasteiger partial charge on any atom is 0.255 e. The summed E-state index contributed by atoms with van der Waals surface area (Å²) in [5, 5.41) is 9.31. The molecule has 0 bridgehead atoms. The third-order valence-corrected chi connectivity index (χ3v) is 6.39. The van der Waals surface area contributed by atoms with E-state index in [4.69, 9.17) is 0 Å². The third kappa shape index (κ3) is 9.73. The Morgan fingerprint density at radius 2 is 1.84 bits per heavy atom. The minimum atomic E-state index is -2.52. The van der Waals surface area contributed by atoms with Gasteiger partial charge in [-0.15, -0.1) is 0 Å². The summed E-state index contributed by atoms with van der Waals surface area (Å²) in [5.74, 6) is 1.33. The molecule has 1 aromatic heterocycles. The number of allylic oxidation sites excluding steroid dienone is 1. The highest BCUT2D eigenvalue weighted by atomic mass is 19.3. The van der Waals surface area contributed by atoms with Gasteiger partial charge in [0.1, 0.15) is 11.5 Å². The summed E-state index contributed by atoms with van der Waals surface area (Å²) >= 11 is 0. The van der Waals surface area contributed by atoms with Gasteiger partial charge in [0, 0.05) is 17.5 Å². The van der Waals surface area contributed by atoms with Gasteiger partial charge in [0.2, 0.25) is 0 Å². The number of aliphatic imine (C=N–C) groups is 1. The molecular weight excluding hydrogens is 480 g/mol. The highest BCUT2D eigenvalue weighted by molar-refractivity contribution is 5.85. The predicted octanol–water partition coefficient (Wildman–Crippen LogP) is 10.2. The topological polar surface area (TPSA) is 61.3 Å². The lowest BCUT2D eigenvalue weighted by Gasteiger charge is -2.20. The van der Waals surface area contributed by atoms with Crippen LogP contribution in [-0.2, 0) is 0 Å². The second-order valence-electron chi connectivity index (χ2n) is 9.96. The van der Waals surface area contributed by atoms with Crippen molar-refractivity contribution in [2.24, 2.45) is 10.4 Å². The number of halogens is 2. The van der Waals surface area contributed by atoms with Crippen molar-refractivity contribution in [3.8, 4) is 0 Å². The SMILES string of the molecule is C=Nc1c(Nc2ccc(C3CCC(C)(C)C3)cc2C)cc(NC(=C)CCC)nc1NCC(F)F.CC.CC. The lowest BCUT2D eigenvalue weighted by molar-refractivity contribution is 0.163. The molecule has 1 heterocycles. The largest absolute Gasteiger partial charge is 0.362 e. The lowest BCUT2D eigenvalue weighted by Crippen LogP contribution is -2.13. The van der Waals surface area contributed by atoms with Crippen LogP contribution in [0.1, 0.15) is 97.6 Å². The fraction of sp³-hybridized carbons (Fsp3) is 0.548. The van der Waals surface area contributed by atoms with Crippen LogP contribution in [-0.4, -0.2) is 24.7 Å². The Labute approximate surface area is 229 Å². The minimum absolute atomic E-state index is 0.245. The van der Waals surface area contributed by atoms with E-state index in [1.165, 1.54) is 24.8 Å². The zero-order chi connectivity index (χ0) is 28.9. The Balaban J connectivity index is 0.00000172. The zero-order valence-electron chi connectivity index (χ0n) is 24.8. The first-order valence-electron chi connectivity index (χ1n) is 14.0. The van der Waals surface area contributed by atoms with Crippen LogP contribution in [0.3, 0.4) is 0 Å². The summed E-state index contributed by atoms with van der Waals surface area (Å²) in [6.07, 6.45) is 2.86. The van der Waals surface area contributed by atoms with Gasteiger partial charge in [-0.05, 0) is 67.9 Å². The molecule has 7 heteroatoms. The average molecular weight is 530 g/mol. The zero-order valence-corrected chi connectivity index (χ0v) is 24.8. The smallest absolute Gasteiger partial charge is 0.255 e. The number of aryl methyl sites for hydroxylation is 1. The van der Waals surface area contributed by atoms with Crippen LogP contribution in [0.5, 0.6) is 0 Å². The van der Waals surface area contributed by atoms with Gasteiger partial charge in [-0.3, -0.25) is 4.99 Å². The number of alkyl halides is 2.